The Morgan fingerprint density at radius 1 is 0.625 bits per heavy atom. The van der Waals surface area contributed by atoms with Crippen molar-refractivity contribution in [3.8, 4) is 16.8 Å². The summed E-state index contributed by atoms with van der Waals surface area (Å²) < 4.78 is 2.33. The highest BCUT2D eigenvalue weighted by Gasteiger charge is 2.36. The highest BCUT2D eigenvalue weighted by Crippen LogP contribution is 2.33. The molecule has 0 N–H and O–H groups in total. The topological polar surface area (TPSA) is 42.3 Å². The van der Waals surface area contributed by atoms with Crippen LogP contribution in [0.5, 0.6) is 0 Å². The van der Waals surface area contributed by atoms with Crippen LogP contribution in [0.3, 0.4) is 0 Å². The Balaban J connectivity index is 1.01. The van der Waals surface area contributed by atoms with E-state index in [4.69, 9.17) is 0 Å². The zero-order chi connectivity index (χ0) is 33.0. The fraction of sp³-hybridized carbons (Fsp3) is 0.182. The van der Waals surface area contributed by atoms with Crippen LogP contribution in [0.4, 0.5) is 0 Å². The number of carbonyl (C=O) groups excluding carboxylic acids is 2. The minimum atomic E-state index is -0.167. The lowest BCUT2D eigenvalue weighted by Gasteiger charge is -2.21. The molecular weight excluding hydrogens is 588 g/mol. The summed E-state index contributed by atoms with van der Waals surface area (Å²) in [6.45, 7) is 4.81. The summed E-state index contributed by atoms with van der Waals surface area (Å²) in [5.74, 6) is 0.0172. The standard InChI is InChI=1S/C44H40N2O2/c1-3-5-12-31(4-2)30-45-43(47)39-28-25-35(29-40(39)44(45)48)34-23-19-32(20-24-34)13-6-7-14-33-21-26-36(27-22-33)46-41-17-10-8-15-37(41)38-16-9-11-18-42(38)46/h6-11,13-29,31H,3-5,12,30H2,1-2H3/b13-6+,14-7+. The first kappa shape index (κ1) is 31.1. The van der Waals surface area contributed by atoms with Gasteiger partial charge in [0.05, 0.1) is 22.2 Å². The van der Waals surface area contributed by atoms with Crippen molar-refractivity contribution in [3.63, 3.8) is 0 Å². The molecule has 0 spiro atoms. The predicted molar refractivity (Wildman–Crippen MR) is 199 cm³/mol. The Kier molecular flexibility index (Phi) is 8.89. The number of nitrogens with zero attached hydrogens (tertiary/aromatic N) is 2. The lowest BCUT2D eigenvalue weighted by molar-refractivity contribution is 0.0624. The van der Waals surface area contributed by atoms with Gasteiger partial charge in [-0.2, -0.15) is 0 Å². The minimum Gasteiger partial charge on any atom is -0.309 e. The van der Waals surface area contributed by atoms with E-state index in [1.807, 2.05) is 24.3 Å². The number of imide groups is 1. The molecule has 7 rings (SSSR count). The molecule has 1 aliphatic heterocycles. The summed E-state index contributed by atoms with van der Waals surface area (Å²) in [5.41, 5.74) is 8.76. The van der Waals surface area contributed by atoms with Gasteiger partial charge < -0.3 is 4.57 Å². The van der Waals surface area contributed by atoms with Gasteiger partial charge in [0.25, 0.3) is 11.8 Å². The van der Waals surface area contributed by atoms with Crippen LogP contribution in [0.2, 0.25) is 0 Å². The molecule has 2 amide bonds. The van der Waals surface area contributed by atoms with Crippen molar-refractivity contribution in [2.75, 3.05) is 6.54 Å². The second-order valence-electron chi connectivity index (χ2n) is 12.7. The van der Waals surface area contributed by atoms with Crippen LogP contribution in [0.25, 0.3) is 50.8 Å². The van der Waals surface area contributed by atoms with Gasteiger partial charge in [-0.1, -0.05) is 136 Å². The fourth-order valence-electron chi connectivity index (χ4n) is 6.87. The summed E-state index contributed by atoms with van der Waals surface area (Å²) in [4.78, 5) is 27.8. The van der Waals surface area contributed by atoms with E-state index in [1.54, 1.807) is 0 Å². The van der Waals surface area contributed by atoms with Crippen molar-refractivity contribution < 1.29 is 9.59 Å². The number of para-hydroxylation sites is 2. The largest absolute Gasteiger partial charge is 0.309 e. The van der Waals surface area contributed by atoms with E-state index in [1.165, 1.54) is 26.7 Å². The first-order valence-corrected chi connectivity index (χ1v) is 17.1. The summed E-state index contributed by atoms with van der Waals surface area (Å²) in [7, 11) is 0. The van der Waals surface area contributed by atoms with Gasteiger partial charge in [0.15, 0.2) is 0 Å². The van der Waals surface area contributed by atoms with Gasteiger partial charge in [-0.25, -0.2) is 0 Å². The number of aromatic nitrogens is 1. The van der Waals surface area contributed by atoms with E-state index in [0.29, 0.717) is 23.6 Å². The van der Waals surface area contributed by atoms with Crippen LogP contribution in [-0.4, -0.2) is 27.8 Å². The van der Waals surface area contributed by atoms with Gasteiger partial charge in [-0.05, 0) is 71.0 Å². The molecule has 48 heavy (non-hydrogen) atoms. The number of benzene rings is 5. The highest BCUT2D eigenvalue weighted by atomic mass is 16.2. The summed E-state index contributed by atoms with van der Waals surface area (Å²) in [6.07, 6.45) is 12.5. The van der Waals surface area contributed by atoms with Crippen molar-refractivity contribution in [2.45, 2.75) is 39.5 Å². The first-order valence-electron chi connectivity index (χ1n) is 17.1. The highest BCUT2D eigenvalue weighted by molar-refractivity contribution is 6.21. The fourth-order valence-corrected chi connectivity index (χ4v) is 6.87. The van der Waals surface area contributed by atoms with Crippen molar-refractivity contribution >= 4 is 45.8 Å². The number of carbonyl (C=O) groups is 2. The molecule has 2 heterocycles. The lowest BCUT2D eigenvalue weighted by Crippen LogP contribution is -2.34. The molecular formula is C44H40N2O2. The van der Waals surface area contributed by atoms with E-state index in [9.17, 15) is 9.59 Å². The number of fused-ring (bicyclic) bond motifs is 4. The SMILES string of the molecule is CCCCC(CC)CN1C(=O)c2ccc(-c3ccc(/C=C/C=C/c4ccc(-n5c6ccccc6c6ccccc65)cc4)cc3)cc2C1=O. The second-order valence-corrected chi connectivity index (χ2v) is 12.7. The normalized spacial score (nSPS) is 13.8. The lowest BCUT2D eigenvalue weighted by atomic mass is 9.99. The second kappa shape index (κ2) is 13.7. The summed E-state index contributed by atoms with van der Waals surface area (Å²) >= 11 is 0. The predicted octanol–water partition coefficient (Wildman–Crippen LogP) is 11.0. The Bertz CT molecular complexity index is 2110. The molecule has 1 aliphatic rings. The number of unbranched alkanes of at least 4 members (excludes halogenated alkanes) is 1. The van der Waals surface area contributed by atoms with Crippen LogP contribution >= 0.6 is 0 Å². The number of allylic oxidation sites excluding steroid dienone is 2. The molecule has 1 atom stereocenters. The molecule has 0 bridgehead atoms. The zero-order valence-electron chi connectivity index (χ0n) is 27.6. The van der Waals surface area contributed by atoms with E-state index in [2.05, 4.69) is 134 Å². The monoisotopic (exact) mass is 628 g/mol. The maximum atomic E-state index is 13.3. The average Bonchev–Trinajstić information content (AvgIpc) is 3.59. The third kappa shape index (κ3) is 6.02. The van der Waals surface area contributed by atoms with Gasteiger partial charge in [-0.3, -0.25) is 14.5 Å². The van der Waals surface area contributed by atoms with Crippen LogP contribution < -0.4 is 0 Å². The van der Waals surface area contributed by atoms with E-state index < -0.39 is 0 Å². The smallest absolute Gasteiger partial charge is 0.261 e. The van der Waals surface area contributed by atoms with Crippen molar-refractivity contribution in [1.82, 2.24) is 9.47 Å². The Morgan fingerprint density at radius 2 is 1.19 bits per heavy atom. The molecule has 4 heteroatoms. The number of amides is 2. The van der Waals surface area contributed by atoms with Crippen molar-refractivity contribution in [1.29, 1.82) is 0 Å². The molecule has 0 saturated heterocycles. The van der Waals surface area contributed by atoms with Gasteiger partial charge in [-0.15, -0.1) is 0 Å². The Hall–Kier alpha value is -5.48. The molecule has 4 nitrogen and oxygen atoms in total. The van der Waals surface area contributed by atoms with Crippen LogP contribution in [0.1, 0.15) is 71.4 Å². The van der Waals surface area contributed by atoms with Gasteiger partial charge in [0.1, 0.15) is 0 Å². The zero-order valence-corrected chi connectivity index (χ0v) is 27.6. The van der Waals surface area contributed by atoms with Gasteiger partial charge in [0.2, 0.25) is 0 Å². The van der Waals surface area contributed by atoms with Crippen LogP contribution in [0, 0.1) is 5.92 Å². The van der Waals surface area contributed by atoms with E-state index in [-0.39, 0.29) is 11.8 Å². The molecule has 238 valence electrons. The van der Waals surface area contributed by atoms with E-state index >= 15 is 0 Å². The molecule has 0 saturated carbocycles. The van der Waals surface area contributed by atoms with Crippen molar-refractivity contribution in [3.05, 3.63) is 150 Å². The van der Waals surface area contributed by atoms with E-state index in [0.717, 1.165) is 53.6 Å². The quantitative estimate of drug-likeness (QED) is 0.106. The Labute approximate surface area is 282 Å². The molecule has 1 unspecified atom stereocenters. The van der Waals surface area contributed by atoms with Crippen molar-refractivity contribution in [2.24, 2.45) is 5.92 Å². The summed E-state index contributed by atoms with van der Waals surface area (Å²) in [5, 5.41) is 2.53. The van der Waals surface area contributed by atoms with Gasteiger partial charge >= 0.3 is 0 Å². The van der Waals surface area contributed by atoms with Gasteiger partial charge in [0, 0.05) is 23.0 Å². The minimum absolute atomic E-state index is 0.163. The third-order valence-corrected chi connectivity index (χ3v) is 9.62. The van der Waals surface area contributed by atoms with Crippen LogP contribution in [0.15, 0.2) is 127 Å². The number of rotatable bonds is 11. The maximum absolute atomic E-state index is 13.3. The maximum Gasteiger partial charge on any atom is 0.261 e. The Morgan fingerprint density at radius 3 is 1.79 bits per heavy atom. The molecule has 6 aromatic rings. The third-order valence-electron chi connectivity index (χ3n) is 9.62. The average molecular weight is 629 g/mol. The molecule has 5 aromatic carbocycles. The molecule has 1 aromatic heterocycles. The first-order chi connectivity index (χ1) is 23.6. The molecule has 0 aliphatic carbocycles. The summed E-state index contributed by atoms with van der Waals surface area (Å²) in [6, 6.07) is 39.7. The number of hydrogen-bond donors (Lipinski definition) is 0. The van der Waals surface area contributed by atoms with Crippen LogP contribution in [-0.2, 0) is 0 Å². The molecule has 0 fully saturated rings. The molecule has 0 radical (unpaired) electrons. The number of hydrogen-bond acceptors (Lipinski definition) is 2.